The van der Waals surface area contributed by atoms with Gasteiger partial charge in [0.05, 0.1) is 4.90 Å². The zero-order valence-corrected chi connectivity index (χ0v) is 15.0. The van der Waals surface area contributed by atoms with Gasteiger partial charge in [0.15, 0.2) is 0 Å². The number of aryl methyl sites for hydroxylation is 1. The van der Waals surface area contributed by atoms with Gasteiger partial charge in [0.2, 0.25) is 10.0 Å². The van der Waals surface area contributed by atoms with Crippen LogP contribution in [0.25, 0.3) is 0 Å². The van der Waals surface area contributed by atoms with E-state index in [0.29, 0.717) is 29.0 Å². The van der Waals surface area contributed by atoms with Crippen molar-refractivity contribution >= 4 is 26.0 Å². The summed E-state index contributed by atoms with van der Waals surface area (Å²) in [7, 11) is -1.61. The summed E-state index contributed by atoms with van der Waals surface area (Å²) in [6.45, 7) is 5.61. The van der Waals surface area contributed by atoms with Gasteiger partial charge in [-0.25, -0.2) is 8.42 Å². The Hall–Kier alpha value is -0.690. The Morgan fingerprint density at radius 3 is 2.62 bits per heavy atom. The molecule has 0 radical (unpaired) electrons. The topological polar surface area (TPSA) is 49.4 Å². The first-order chi connectivity index (χ1) is 9.86. The Morgan fingerprint density at radius 2 is 2.05 bits per heavy atom. The van der Waals surface area contributed by atoms with Gasteiger partial charge in [-0.1, -0.05) is 17.7 Å². The lowest BCUT2D eigenvalue weighted by Crippen LogP contribution is -2.35. The summed E-state index contributed by atoms with van der Waals surface area (Å²) in [4.78, 5) is 0.362. The van der Waals surface area contributed by atoms with Crippen molar-refractivity contribution < 1.29 is 8.42 Å². The Morgan fingerprint density at radius 1 is 1.33 bits per heavy atom. The van der Waals surface area contributed by atoms with E-state index in [1.54, 1.807) is 10.4 Å². The Kier molecular flexibility index (Phi) is 5.24. The smallest absolute Gasteiger partial charge is 0.244 e. The van der Waals surface area contributed by atoms with Crippen molar-refractivity contribution in [2.45, 2.75) is 31.7 Å². The van der Waals surface area contributed by atoms with E-state index in [4.69, 9.17) is 0 Å². The maximum absolute atomic E-state index is 12.9. The normalized spacial score (nSPS) is 16.9. The fourth-order valence-corrected chi connectivity index (χ4v) is 4.82. The van der Waals surface area contributed by atoms with E-state index in [9.17, 15) is 8.42 Å². The van der Waals surface area contributed by atoms with Gasteiger partial charge < -0.3 is 5.32 Å². The maximum Gasteiger partial charge on any atom is 0.244 e. The van der Waals surface area contributed by atoms with Crippen molar-refractivity contribution in [2.75, 3.05) is 20.1 Å². The lowest BCUT2D eigenvalue weighted by Gasteiger charge is -2.26. The lowest BCUT2D eigenvalue weighted by atomic mass is 10.1. The molecule has 21 heavy (non-hydrogen) atoms. The zero-order chi connectivity index (χ0) is 15.6. The first-order valence-corrected chi connectivity index (χ1v) is 9.19. The average Bonchev–Trinajstić information content (AvgIpc) is 2.43. The molecule has 0 saturated carbocycles. The average molecular weight is 373 g/mol. The van der Waals surface area contributed by atoms with Crippen LogP contribution in [-0.4, -0.2) is 32.9 Å². The zero-order valence-electron chi connectivity index (χ0n) is 12.6. The quantitative estimate of drug-likeness (QED) is 0.826. The van der Waals surface area contributed by atoms with Crippen LogP contribution in [0.5, 0.6) is 0 Å². The van der Waals surface area contributed by atoms with Crippen LogP contribution < -0.4 is 5.32 Å². The van der Waals surface area contributed by atoms with Gasteiger partial charge in [0.1, 0.15) is 0 Å². The van der Waals surface area contributed by atoms with Crippen molar-refractivity contribution in [1.82, 2.24) is 9.62 Å². The fourth-order valence-electron chi connectivity index (χ4n) is 2.41. The number of benzene rings is 1. The summed E-state index contributed by atoms with van der Waals surface area (Å²) in [5.74, 6) is 0. The molecule has 0 bridgehead atoms. The molecule has 4 nitrogen and oxygen atoms in total. The number of hydrogen-bond acceptors (Lipinski definition) is 3. The number of sulfonamides is 1. The summed E-state index contributed by atoms with van der Waals surface area (Å²) in [6.07, 6.45) is 2.78. The first kappa shape index (κ1) is 16.7. The molecular formula is C15H21BrN2O2S. The third-order valence-corrected chi connectivity index (χ3v) is 6.88. The highest BCUT2D eigenvalue weighted by Crippen LogP contribution is 2.30. The van der Waals surface area contributed by atoms with Gasteiger partial charge in [0.25, 0.3) is 0 Å². The molecule has 1 heterocycles. The molecule has 0 aromatic heterocycles. The number of nitrogens with zero attached hydrogens (tertiary/aromatic N) is 1. The molecule has 6 heteroatoms. The molecule has 1 aliphatic rings. The number of hydrogen-bond donors (Lipinski definition) is 1. The summed E-state index contributed by atoms with van der Waals surface area (Å²) in [5, 5.41) is 3.06. The molecule has 0 unspecified atom stereocenters. The number of halogens is 1. The standard InChI is InChI=1S/C15H21BrN2O2S/c1-11-4-6-18(7-5-11)21(19,20)14-9-13(10-17-3)8-12(2)15(14)16/h4,8-9,17H,5-7,10H2,1-3H3. The van der Waals surface area contributed by atoms with E-state index < -0.39 is 10.0 Å². The Bertz CT molecular complexity index is 668. The summed E-state index contributed by atoms with van der Waals surface area (Å²) in [6, 6.07) is 3.76. The van der Waals surface area contributed by atoms with E-state index in [1.807, 2.05) is 33.0 Å². The van der Waals surface area contributed by atoms with Crippen LogP contribution in [0.3, 0.4) is 0 Å². The van der Waals surface area contributed by atoms with E-state index in [0.717, 1.165) is 17.5 Å². The van der Waals surface area contributed by atoms with Crippen LogP contribution in [-0.2, 0) is 16.6 Å². The van der Waals surface area contributed by atoms with Gasteiger partial charge in [-0.2, -0.15) is 4.31 Å². The number of nitrogens with one attached hydrogen (secondary N) is 1. The molecule has 0 amide bonds. The van der Waals surface area contributed by atoms with E-state index >= 15 is 0 Å². The Balaban J connectivity index is 2.44. The highest BCUT2D eigenvalue weighted by atomic mass is 79.9. The monoisotopic (exact) mass is 372 g/mol. The fraction of sp³-hybridized carbons (Fsp3) is 0.467. The molecule has 1 N–H and O–H groups in total. The minimum absolute atomic E-state index is 0.362. The molecular weight excluding hydrogens is 352 g/mol. The van der Waals surface area contributed by atoms with E-state index in [1.165, 1.54) is 5.57 Å². The second-order valence-electron chi connectivity index (χ2n) is 5.42. The predicted molar refractivity (Wildman–Crippen MR) is 88.8 cm³/mol. The van der Waals surface area contributed by atoms with Crippen molar-refractivity contribution in [3.8, 4) is 0 Å². The largest absolute Gasteiger partial charge is 0.316 e. The van der Waals surface area contributed by atoms with Crippen LogP contribution in [0, 0.1) is 6.92 Å². The minimum atomic E-state index is -3.47. The van der Waals surface area contributed by atoms with Gasteiger partial charge in [-0.3, -0.25) is 0 Å². The number of rotatable bonds is 4. The van der Waals surface area contributed by atoms with Crippen LogP contribution in [0.4, 0.5) is 0 Å². The third-order valence-electron chi connectivity index (χ3n) is 3.68. The van der Waals surface area contributed by atoms with Gasteiger partial charge in [-0.15, -0.1) is 0 Å². The molecule has 0 aliphatic carbocycles. The maximum atomic E-state index is 12.9. The predicted octanol–water partition coefficient (Wildman–Crippen LogP) is 2.82. The Labute approximate surface area is 135 Å². The van der Waals surface area contributed by atoms with E-state index in [-0.39, 0.29) is 0 Å². The summed E-state index contributed by atoms with van der Waals surface area (Å²) < 4.78 is 27.9. The highest BCUT2D eigenvalue weighted by Gasteiger charge is 2.28. The van der Waals surface area contributed by atoms with E-state index in [2.05, 4.69) is 21.2 Å². The van der Waals surface area contributed by atoms with Crippen LogP contribution in [0.1, 0.15) is 24.5 Å². The van der Waals surface area contributed by atoms with Crippen molar-refractivity contribution in [1.29, 1.82) is 0 Å². The molecule has 1 aromatic carbocycles. The van der Waals surface area contributed by atoms with Crippen molar-refractivity contribution in [3.05, 3.63) is 39.4 Å². The molecule has 0 atom stereocenters. The second kappa shape index (κ2) is 6.60. The van der Waals surface area contributed by atoms with Gasteiger partial charge >= 0.3 is 0 Å². The molecule has 1 aliphatic heterocycles. The van der Waals surface area contributed by atoms with Crippen LogP contribution in [0.2, 0.25) is 0 Å². The van der Waals surface area contributed by atoms with Crippen LogP contribution in [0.15, 0.2) is 33.2 Å². The van der Waals surface area contributed by atoms with Crippen molar-refractivity contribution in [2.24, 2.45) is 0 Å². The first-order valence-electron chi connectivity index (χ1n) is 6.95. The molecule has 0 fully saturated rings. The third kappa shape index (κ3) is 3.56. The highest BCUT2D eigenvalue weighted by molar-refractivity contribution is 9.10. The SMILES string of the molecule is CNCc1cc(C)c(Br)c(S(=O)(=O)N2CC=C(C)CC2)c1. The molecule has 0 spiro atoms. The van der Waals surface area contributed by atoms with Crippen molar-refractivity contribution in [3.63, 3.8) is 0 Å². The summed E-state index contributed by atoms with van der Waals surface area (Å²) >= 11 is 3.44. The van der Waals surface area contributed by atoms with Crippen LogP contribution >= 0.6 is 15.9 Å². The van der Waals surface area contributed by atoms with Gasteiger partial charge in [-0.05, 0) is 60.4 Å². The molecule has 1 aromatic rings. The lowest BCUT2D eigenvalue weighted by molar-refractivity contribution is 0.431. The molecule has 116 valence electrons. The molecule has 2 rings (SSSR count). The minimum Gasteiger partial charge on any atom is -0.316 e. The van der Waals surface area contributed by atoms with Gasteiger partial charge in [0, 0.05) is 24.1 Å². The summed E-state index contributed by atoms with van der Waals surface area (Å²) in [5.41, 5.74) is 3.16. The second-order valence-corrected chi connectivity index (χ2v) is 8.12. The molecule has 0 saturated heterocycles.